The molecule has 11 heavy (non-hydrogen) atoms. The maximum Gasteiger partial charge on any atom is 0.303 e. The van der Waals surface area contributed by atoms with E-state index in [0.29, 0.717) is 15.6 Å². The molecule has 0 unspecified atom stereocenters. The molecule has 64 valence electrons. The van der Waals surface area contributed by atoms with E-state index >= 15 is 0 Å². The molecule has 1 N–H and O–H groups in total. The van der Waals surface area contributed by atoms with Crippen molar-refractivity contribution in [3.8, 4) is 0 Å². The van der Waals surface area contributed by atoms with Gasteiger partial charge in [0.2, 0.25) is 0 Å². The van der Waals surface area contributed by atoms with Crippen molar-refractivity contribution in [3.63, 3.8) is 0 Å². The Kier molecular flexibility index (Phi) is 3.37. The highest BCUT2D eigenvalue weighted by atomic mass is 79.9. The van der Waals surface area contributed by atoms with Crippen LogP contribution in [0.15, 0.2) is 0 Å². The van der Waals surface area contributed by atoms with Crippen LogP contribution in [0.3, 0.4) is 0 Å². The molecule has 1 rings (SSSR count). The lowest BCUT2D eigenvalue weighted by Gasteiger charge is -2.12. The van der Waals surface area contributed by atoms with E-state index in [0.717, 1.165) is 12.8 Å². The number of alkyl halides is 2. The van der Waals surface area contributed by atoms with Gasteiger partial charge < -0.3 is 5.11 Å². The summed E-state index contributed by atoms with van der Waals surface area (Å²) >= 11 is 6.98. The molecule has 0 heterocycles. The fourth-order valence-corrected chi connectivity index (χ4v) is 2.84. The van der Waals surface area contributed by atoms with E-state index in [-0.39, 0.29) is 6.42 Å². The molecule has 4 heteroatoms. The number of hydrogen-bond acceptors (Lipinski definition) is 1. The second-order valence-electron chi connectivity index (χ2n) is 2.90. The standard InChI is InChI=1S/C7H10Br2O2/c8-5-2-1-4(7(5)9)3-6(10)11/h4-5,7H,1-3H2,(H,10,11)/t4-,5+,7+/m0/s1. The minimum absolute atomic E-state index is 0.290. The zero-order valence-corrected chi connectivity index (χ0v) is 9.14. The molecule has 0 aromatic rings. The van der Waals surface area contributed by atoms with E-state index in [9.17, 15) is 4.79 Å². The van der Waals surface area contributed by atoms with Gasteiger partial charge in [0.15, 0.2) is 0 Å². The Bertz CT molecular complexity index is 161. The summed E-state index contributed by atoms with van der Waals surface area (Å²) in [5, 5.41) is 8.54. The molecule has 1 saturated carbocycles. The van der Waals surface area contributed by atoms with Crippen LogP contribution >= 0.6 is 31.9 Å². The highest BCUT2D eigenvalue weighted by Gasteiger charge is 2.33. The van der Waals surface area contributed by atoms with E-state index in [1.54, 1.807) is 0 Å². The van der Waals surface area contributed by atoms with Crippen LogP contribution < -0.4 is 0 Å². The minimum atomic E-state index is -0.693. The quantitative estimate of drug-likeness (QED) is 0.791. The summed E-state index contributed by atoms with van der Waals surface area (Å²) < 4.78 is 0. The van der Waals surface area contributed by atoms with Crippen molar-refractivity contribution in [3.05, 3.63) is 0 Å². The number of hydrogen-bond donors (Lipinski definition) is 1. The molecule has 0 spiro atoms. The van der Waals surface area contributed by atoms with Gasteiger partial charge >= 0.3 is 5.97 Å². The summed E-state index contributed by atoms with van der Waals surface area (Å²) in [4.78, 5) is 11.2. The second-order valence-corrected chi connectivity index (χ2v) is 5.13. The third-order valence-electron chi connectivity index (χ3n) is 2.05. The number of rotatable bonds is 2. The Morgan fingerprint density at radius 3 is 2.45 bits per heavy atom. The van der Waals surface area contributed by atoms with E-state index in [1.807, 2.05) is 0 Å². The molecular formula is C7H10Br2O2. The first kappa shape index (κ1) is 9.52. The Hall–Kier alpha value is 0.430. The zero-order valence-electron chi connectivity index (χ0n) is 5.96. The van der Waals surface area contributed by atoms with Gasteiger partial charge in [-0.05, 0) is 18.8 Å². The van der Waals surface area contributed by atoms with Crippen LogP contribution in [0.1, 0.15) is 19.3 Å². The molecule has 1 fully saturated rings. The van der Waals surface area contributed by atoms with Crippen molar-refractivity contribution in [1.82, 2.24) is 0 Å². The smallest absolute Gasteiger partial charge is 0.303 e. The highest BCUT2D eigenvalue weighted by molar-refractivity contribution is 9.12. The highest BCUT2D eigenvalue weighted by Crippen LogP contribution is 2.38. The number of halogens is 2. The summed E-state index contributed by atoms with van der Waals surface area (Å²) in [6.07, 6.45) is 2.38. The van der Waals surface area contributed by atoms with Crippen LogP contribution in [0.2, 0.25) is 0 Å². The van der Waals surface area contributed by atoms with Gasteiger partial charge in [-0.25, -0.2) is 0 Å². The van der Waals surface area contributed by atoms with Gasteiger partial charge in [-0.15, -0.1) is 0 Å². The lowest BCUT2D eigenvalue weighted by atomic mass is 10.0. The van der Waals surface area contributed by atoms with Crippen LogP contribution in [0, 0.1) is 5.92 Å². The first-order valence-corrected chi connectivity index (χ1v) is 5.44. The van der Waals surface area contributed by atoms with E-state index in [4.69, 9.17) is 5.11 Å². The SMILES string of the molecule is O=C(O)C[C@@H]1CC[C@@H](Br)[C@@H]1Br. The predicted molar refractivity (Wildman–Crippen MR) is 50.4 cm³/mol. The summed E-state index contributed by atoms with van der Waals surface area (Å²) in [5.74, 6) is -0.391. The monoisotopic (exact) mass is 284 g/mol. The van der Waals surface area contributed by atoms with Gasteiger partial charge in [0.25, 0.3) is 0 Å². The topological polar surface area (TPSA) is 37.3 Å². The molecule has 0 aromatic carbocycles. The van der Waals surface area contributed by atoms with Gasteiger partial charge in [0, 0.05) is 16.1 Å². The average molecular weight is 286 g/mol. The minimum Gasteiger partial charge on any atom is -0.481 e. The van der Waals surface area contributed by atoms with Gasteiger partial charge in [-0.2, -0.15) is 0 Å². The normalized spacial score (nSPS) is 37.5. The van der Waals surface area contributed by atoms with Gasteiger partial charge in [0.1, 0.15) is 0 Å². The van der Waals surface area contributed by atoms with Crippen LogP contribution in [0.25, 0.3) is 0 Å². The third kappa shape index (κ3) is 2.44. The molecule has 2 nitrogen and oxygen atoms in total. The fraction of sp³-hybridized carbons (Fsp3) is 0.857. The van der Waals surface area contributed by atoms with Crippen molar-refractivity contribution in [2.45, 2.75) is 28.9 Å². The van der Waals surface area contributed by atoms with Crippen LogP contribution in [-0.2, 0) is 4.79 Å². The molecule has 1 aliphatic carbocycles. The van der Waals surface area contributed by atoms with Crippen molar-refractivity contribution < 1.29 is 9.90 Å². The molecule has 0 aliphatic heterocycles. The van der Waals surface area contributed by atoms with Crippen LogP contribution in [0.4, 0.5) is 0 Å². The van der Waals surface area contributed by atoms with Crippen molar-refractivity contribution >= 4 is 37.8 Å². The maximum atomic E-state index is 10.4. The molecular weight excluding hydrogens is 276 g/mol. The lowest BCUT2D eigenvalue weighted by molar-refractivity contribution is -0.138. The van der Waals surface area contributed by atoms with E-state index in [1.165, 1.54) is 0 Å². The Labute approximate surface area is 82.6 Å². The maximum absolute atomic E-state index is 10.4. The Morgan fingerprint density at radius 2 is 2.09 bits per heavy atom. The first-order valence-electron chi connectivity index (χ1n) is 3.61. The van der Waals surface area contributed by atoms with Gasteiger partial charge in [-0.3, -0.25) is 4.79 Å². The largest absolute Gasteiger partial charge is 0.481 e. The Morgan fingerprint density at radius 1 is 1.45 bits per heavy atom. The van der Waals surface area contributed by atoms with Crippen LogP contribution in [0.5, 0.6) is 0 Å². The van der Waals surface area contributed by atoms with Crippen molar-refractivity contribution in [2.24, 2.45) is 5.92 Å². The van der Waals surface area contributed by atoms with Crippen molar-refractivity contribution in [2.75, 3.05) is 0 Å². The summed E-state index contributed by atoms with van der Waals surface area (Å²) in [7, 11) is 0. The number of carboxylic acid groups (broad SMARTS) is 1. The summed E-state index contributed by atoms with van der Waals surface area (Å²) in [6.45, 7) is 0. The molecule has 0 bridgehead atoms. The fourth-order valence-electron chi connectivity index (χ4n) is 1.43. The van der Waals surface area contributed by atoms with E-state index < -0.39 is 5.97 Å². The molecule has 0 saturated heterocycles. The lowest BCUT2D eigenvalue weighted by Crippen LogP contribution is -2.16. The Balaban J connectivity index is 2.42. The average Bonchev–Trinajstić information content (AvgIpc) is 2.18. The molecule has 0 amide bonds. The second kappa shape index (κ2) is 3.90. The first-order chi connectivity index (χ1) is 5.11. The summed E-state index contributed by atoms with van der Waals surface area (Å²) in [6, 6.07) is 0. The van der Waals surface area contributed by atoms with Crippen molar-refractivity contribution in [1.29, 1.82) is 0 Å². The predicted octanol–water partition coefficient (Wildman–Crippen LogP) is 2.40. The molecule has 0 radical (unpaired) electrons. The number of carbonyl (C=O) groups is 1. The molecule has 0 aromatic heterocycles. The van der Waals surface area contributed by atoms with E-state index in [2.05, 4.69) is 31.9 Å². The van der Waals surface area contributed by atoms with Gasteiger partial charge in [0.05, 0.1) is 0 Å². The number of carboxylic acids is 1. The van der Waals surface area contributed by atoms with Crippen LogP contribution in [-0.4, -0.2) is 20.7 Å². The van der Waals surface area contributed by atoms with Gasteiger partial charge in [-0.1, -0.05) is 31.9 Å². The third-order valence-corrected chi connectivity index (χ3v) is 5.17. The summed E-state index contributed by atoms with van der Waals surface area (Å²) in [5.41, 5.74) is 0. The number of aliphatic carboxylic acids is 1. The molecule has 3 atom stereocenters. The molecule has 1 aliphatic rings. The zero-order chi connectivity index (χ0) is 8.43.